The first kappa shape index (κ1) is 19.2. The second-order valence-electron chi connectivity index (χ2n) is 5.31. The van der Waals surface area contributed by atoms with Crippen LogP contribution in [0, 0.1) is 3.57 Å². The third kappa shape index (κ3) is 6.07. The topological polar surface area (TPSA) is 72.2 Å². The number of hydrogen-bond acceptors (Lipinski definition) is 2. The van der Waals surface area contributed by atoms with Gasteiger partial charge in [0.1, 0.15) is 6.04 Å². The Labute approximate surface area is 167 Å². The Balaban J connectivity index is 2.02. The van der Waals surface area contributed by atoms with Gasteiger partial charge in [-0.3, -0.25) is 9.59 Å². The number of nitrogens with one attached hydrogen (secondary N) is 1. The Bertz CT molecular complexity index is 733. The van der Waals surface area contributed by atoms with Crippen LogP contribution in [0.5, 0.6) is 0 Å². The van der Waals surface area contributed by atoms with Gasteiger partial charge in [0.05, 0.1) is 6.42 Å². The predicted molar refractivity (Wildman–Crippen MR) is 107 cm³/mol. The van der Waals surface area contributed by atoms with Crippen LogP contribution in [0.4, 0.5) is 0 Å². The number of carbonyl (C=O) groups excluding carboxylic acids is 2. The van der Waals surface area contributed by atoms with Gasteiger partial charge in [-0.25, -0.2) is 0 Å². The quantitative estimate of drug-likeness (QED) is 0.572. The minimum absolute atomic E-state index is 0.180. The number of primary amides is 1. The summed E-state index contributed by atoms with van der Waals surface area (Å²) in [4.78, 5) is 23.9. The van der Waals surface area contributed by atoms with Crippen molar-refractivity contribution in [3.05, 3.63) is 66.7 Å². The lowest BCUT2D eigenvalue weighted by molar-refractivity contribution is -0.127. The van der Waals surface area contributed by atoms with E-state index in [1.807, 2.05) is 18.2 Å². The highest BCUT2D eigenvalue weighted by atomic mass is 127. The van der Waals surface area contributed by atoms with Crippen molar-refractivity contribution in [1.29, 1.82) is 0 Å². The lowest BCUT2D eigenvalue weighted by atomic mass is 10.0. The van der Waals surface area contributed by atoms with Crippen molar-refractivity contribution >= 4 is 61.9 Å². The number of hydrogen-bond donors (Lipinski definition) is 2. The van der Waals surface area contributed by atoms with E-state index in [9.17, 15) is 9.59 Å². The molecule has 2 rings (SSSR count). The fourth-order valence-electron chi connectivity index (χ4n) is 2.22. The maximum atomic E-state index is 12.2. The van der Waals surface area contributed by atoms with Gasteiger partial charge >= 0.3 is 0 Å². The molecule has 1 unspecified atom stereocenters. The van der Waals surface area contributed by atoms with E-state index in [1.165, 1.54) is 0 Å². The molecule has 0 aromatic heterocycles. The van der Waals surface area contributed by atoms with Gasteiger partial charge in [-0.05, 0) is 64.0 Å². The zero-order chi connectivity index (χ0) is 17.7. The first-order valence-corrected chi connectivity index (χ1v) is 9.36. The number of halogens is 3. The second kappa shape index (κ2) is 8.82. The smallest absolute Gasteiger partial charge is 0.240 e. The first-order valence-electron chi connectivity index (χ1n) is 7.11. The lowest BCUT2D eigenvalue weighted by Crippen LogP contribution is -2.46. The van der Waals surface area contributed by atoms with Crippen LogP contribution in [0.3, 0.4) is 0 Å². The van der Waals surface area contributed by atoms with Crippen molar-refractivity contribution in [2.45, 2.75) is 18.9 Å². The average Bonchev–Trinajstić information content (AvgIpc) is 2.47. The fraction of sp³-hybridized carbons (Fsp3) is 0.176. The molecule has 2 aromatic rings. The van der Waals surface area contributed by atoms with Crippen LogP contribution in [0.1, 0.15) is 11.1 Å². The molecule has 2 aromatic carbocycles. The molecule has 0 spiro atoms. The Kier molecular flexibility index (Phi) is 7.06. The van der Waals surface area contributed by atoms with Crippen molar-refractivity contribution in [1.82, 2.24) is 5.32 Å². The van der Waals surface area contributed by atoms with Gasteiger partial charge in [0.2, 0.25) is 11.8 Å². The molecule has 0 aliphatic carbocycles. The molecule has 4 nitrogen and oxygen atoms in total. The molecular formula is C17H15BrClIN2O2. The van der Waals surface area contributed by atoms with Gasteiger partial charge in [-0.2, -0.15) is 0 Å². The minimum Gasteiger partial charge on any atom is -0.368 e. The van der Waals surface area contributed by atoms with Crippen molar-refractivity contribution in [2.75, 3.05) is 0 Å². The third-order valence-electron chi connectivity index (χ3n) is 3.32. The van der Waals surface area contributed by atoms with Crippen LogP contribution in [0.15, 0.2) is 46.9 Å². The van der Waals surface area contributed by atoms with Crippen molar-refractivity contribution in [2.24, 2.45) is 5.73 Å². The van der Waals surface area contributed by atoms with E-state index in [2.05, 4.69) is 43.8 Å². The molecule has 0 saturated carbocycles. The van der Waals surface area contributed by atoms with Crippen LogP contribution in [0.25, 0.3) is 0 Å². The summed E-state index contributed by atoms with van der Waals surface area (Å²) in [5.41, 5.74) is 7.15. The van der Waals surface area contributed by atoms with Crippen molar-refractivity contribution < 1.29 is 9.59 Å². The zero-order valence-corrected chi connectivity index (χ0v) is 17.1. The van der Waals surface area contributed by atoms with E-state index in [1.54, 1.807) is 24.3 Å². The van der Waals surface area contributed by atoms with Gasteiger partial charge in [0.15, 0.2) is 0 Å². The summed E-state index contributed by atoms with van der Waals surface area (Å²) in [5, 5.41) is 3.32. The van der Waals surface area contributed by atoms with Gasteiger partial charge < -0.3 is 11.1 Å². The van der Waals surface area contributed by atoms with Gasteiger partial charge in [-0.1, -0.05) is 39.7 Å². The highest BCUT2D eigenvalue weighted by molar-refractivity contribution is 14.1. The molecule has 1 atom stereocenters. The Morgan fingerprint density at radius 2 is 1.83 bits per heavy atom. The molecule has 0 radical (unpaired) electrons. The summed E-state index contributed by atoms with van der Waals surface area (Å²) in [6.07, 6.45) is 0.508. The normalized spacial score (nSPS) is 11.8. The van der Waals surface area contributed by atoms with Crippen LogP contribution < -0.4 is 11.1 Å². The molecule has 2 amide bonds. The molecule has 0 aliphatic heterocycles. The number of benzene rings is 2. The lowest BCUT2D eigenvalue weighted by Gasteiger charge is -2.16. The summed E-state index contributed by atoms with van der Waals surface area (Å²) < 4.78 is 1.93. The molecule has 24 heavy (non-hydrogen) atoms. The van der Waals surface area contributed by atoms with Crippen molar-refractivity contribution in [3.63, 3.8) is 0 Å². The van der Waals surface area contributed by atoms with E-state index < -0.39 is 11.9 Å². The summed E-state index contributed by atoms with van der Waals surface area (Å²) in [7, 11) is 0. The molecule has 3 N–H and O–H groups in total. The number of amides is 2. The van der Waals surface area contributed by atoms with E-state index in [-0.39, 0.29) is 12.3 Å². The van der Waals surface area contributed by atoms with E-state index >= 15 is 0 Å². The summed E-state index contributed by atoms with van der Waals surface area (Å²) >= 11 is 11.4. The van der Waals surface area contributed by atoms with Crippen LogP contribution in [-0.2, 0) is 22.4 Å². The van der Waals surface area contributed by atoms with E-state index in [4.69, 9.17) is 17.3 Å². The molecular weight excluding hydrogens is 506 g/mol. The molecule has 0 fully saturated rings. The standard InChI is InChI=1S/C17H15BrClIN2O2/c18-12-5-11(6-14(20)9-12)8-16(23)22-15(17(21)24)7-10-1-3-13(19)4-2-10/h1-6,9,15H,7-8H2,(H2,21,24)(H,22,23). The molecule has 0 bridgehead atoms. The largest absolute Gasteiger partial charge is 0.368 e. The van der Waals surface area contributed by atoms with Crippen LogP contribution in [0.2, 0.25) is 5.02 Å². The Morgan fingerprint density at radius 3 is 2.42 bits per heavy atom. The molecule has 0 heterocycles. The van der Waals surface area contributed by atoms with Gasteiger partial charge in [0.25, 0.3) is 0 Å². The predicted octanol–water partition coefficient (Wildman–Crippen LogP) is 3.46. The fourth-order valence-corrected chi connectivity index (χ4v) is 4.05. The molecule has 0 aliphatic rings. The SMILES string of the molecule is NC(=O)C(Cc1ccc(Cl)cc1)NC(=O)Cc1cc(Br)cc(I)c1. The monoisotopic (exact) mass is 520 g/mol. The number of nitrogens with two attached hydrogens (primary N) is 1. The highest BCUT2D eigenvalue weighted by Crippen LogP contribution is 2.18. The molecule has 7 heteroatoms. The molecule has 0 saturated heterocycles. The Hall–Kier alpha value is -1.12. The summed E-state index contributed by atoms with van der Waals surface area (Å²) in [5.74, 6) is -0.816. The third-order valence-corrected chi connectivity index (χ3v) is 4.65. The zero-order valence-electron chi connectivity index (χ0n) is 12.6. The maximum absolute atomic E-state index is 12.2. The van der Waals surface area contributed by atoms with Crippen LogP contribution in [-0.4, -0.2) is 17.9 Å². The number of rotatable bonds is 6. The average molecular weight is 522 g/mol. The van der Waals surface area contributed by atoms with E-state index in [0.717, 1.165) is 19.2 Å². The highest BCUT2D eigenvalue weighted by Gasteiger charge is 2.19. The first-order chi connectivity index (χ1) is 11.3. The second-order valence-corrected chi connectivity index (χ2v) is 7.91. The minimum atomic E-state index is -0.759. The van der Waals surface area contributed by atoms with Gasteiger partial charge in [-0.15, -0.1) is 0 Å². The van der Waals surface area contributed by atoms with Crippen LogP contribution >= 0.6 is 50.1 Å². The molecule has 126 valence electrons. The maximum Gasteiger partial charge on any atom is 0.240 e. The number of carbonyl (C=O) groups is 2. The summed E-state index contributed by atoms with van der Waals surface area (Å²) in [6, 6.07) is 12.1. The van der Waals surface area contributed by atoms with E-state index in [0.29, 0.717) is 11.4 Å². The summed E-state index contributed by atoms with van der Waals surface area (Å²) in [6.45, 7) is 0. The van der Waals surface area contributed by atoms with Crippen molar-refractivity contribution in [3.8, 4) is 0 Å². The Morgan fingerprint density at radius 1 is 1.17 bits per heavy atom. The van der Waals surface area contributed by atoms with Gasteiger partial charge in [0, 0.05) is 19.5 Å².